The molecule has 88 valence electrons. The molecule has 0 spiro atoms. The van der Waals surface area contributed by atoms with Gasteiger partial charge in [-0.1, -0.05) is 12.1 Å². The highest BCUT2D eigenvalue weighted by Crippen LogP contribution is 2.09. The summed E-state index contributed by atoms with van der Waals surface area (Å²) in [7, 11) is 0. The Bertz CT molecular complexity index is 354. The molecule has 1 unspecified atom stereocenters. The first-order valence-electron chi connectivity index (χ1n) is 4.90. The van der Waals surface area contributed by atoms with Gasteiger partial charge in [-0.05, 0) is 24.1 Å². The van der Waals surface area contributed by atoms with E-state index in [0.717, 1.165) is 5.56 Å². The number of nitrogens with zero attached hydrogens (tertiary/aromatic N) is 1. The van der Waals surface area contributed by atoms with Gasteiger partial charge in [-0.3, -0.25) is 10.1 Å². The number of halogens is 1. The van der Waals surface area contributed by atoms with Crippen LogP contribution in [0.3, 0.4) is 0 Å². The van der Waals surface area contributed by atoms with Crippen LogP contribution in [0, 0.1) is 15.9 Å². The molecule has 6 heteroatoms. The molecule has 0 aromatic heterocycles. The van der Waals surface area contributed by atoms with Gasteiger partial charge in [0.1, 0.15) is 12.0 Å². The maximum absolute atomic E-state index is 12.6. The maximum atomic E-state index is 12.6. The topological polar surface area (TPSA) is 95.2 Å². The van der Waals surface area contributed by atoms with E-state index in [4.69, 9.17) is 11.5 Å². The monoisotopic (exact) mass is 227 g/mol. The molecule has 0 saturated carbocycles. The smallest absolute Gasteiger partial charge is 0.241 e. The molecule has 0 bridgehead atoms. The molecular formula is C10H14FN3O2. The summed E-state index contributed by atoms with van der Waals surface area (Å²) in [5, 5.41) is 10.6. The highest BCUT2D eigenvalue weighted by molar-refractivity contribution is 5.16. The second-order valence-corrected chi connectivity index (χ2v) is 3.60. The van der Waals surface area contributed by atoms with E-state index in [0.29, 0.717) is 6.42 Å². The van der Waals surface area contributed by atoms with E-state index < -0.39 is 17.1 Å². The summed E-state index contributed by atoms with van der Waals surface area (Å²) >= 11 is 0. The minimum Gasteiger partial charge on any atom is -0.310 e. The molecule has 0 amide bonds. The Kier molecular flexibility index (Phi) is 4.33. The summed E-state index contributed by atoms with van der Waals surface area (Å²) in [5.41, 5.74) is 11.4. The van der Waals surface area contributed by atoms with Crippen LogP contribution < -0.4 is 11.5 Å². The largest absolute Gasteiger partial charge is 0.310 e. The molecule has 0 aliphatic carbocycles. The molecule has 5 nitrogen and oxygen atoms in total. The van der Waals surface area contributed by atoms with Crippen LogP contribution in [-0.4, -0.2) is 17.1 Å². The first-order valence-corrected chi connectivity index (χ1v) is 4.90. The summed E-state index contributed by atoms with van der Waals surface area (Å²) in [6, 6.07) is 4.85. The Hall–Kier alpha value is -1.53. The lowest BCUT2D eigenvalue weighted by Crippen LogP contribution is -2.47. The number of nitrogens with two attached hydrogens (primary N) is 2. The van der Waals surface area contributed by atoms with Crippen molar-refractivity contribution < 1.29 is 9.31 Å². The summed E-state index contributed by atoms with van der Waals surface area (Å²) in [6.45, 7) is 0. The molecule has 0 radical (unpaired) electrons. The van der Waals surface area contributed by atoms with E-state index in [1.807, 2.05) is 0 Å². The Morgan fingerprint density at radius 3 is 2.31 bits per heavy atom. The molecule has 1 atom stereocenters. The SMILES string of the molecule is NC(N)C(CCc1ccc(F)cc1)[N+](=O)[O-]. The third-order valence-corrected chi connectivity index (χ3v) is 2.36. The third kappa shape index (κ3) is 3.56. The molecular weight excluding hydrogens is 213 g/mol. The van der Waals surface area contributed by atoms with Gasteiger partial charge in [0.05, 0.1) is 0 Å². The fraction of sp³-hybridized carbons (Fsp3) is 0.400. The zero-order chi connectivity index (χ0) is 12.1. The number of hydrogen-bond donors (Lipinski definition) is 2. The van der Waals surface area contributed by atoms with E-state index in [-0.39, 0.29) is 12.2 Å². The van der Waals surface area contributed by atoms with E-state index in [2.05, 4.69) is 0 Å². The molecule has 0 aliphatic rings. The number of nitro groups is 1. The summed E-state index contributed by atoms with van der Waals surface area (Å²) in [4.78, 5) is 10.1. The van der Waals surface area contributed by atoms with Gasteiger partial charge >= 0.3 is 0 Å². The van der Waals surface area contributed by atoms with Crippen LogP contribution >= 0.6 is 0 Å². The maximum Gasteiger partial charge on any atom is 0.241 e. The predicted octanol–water partition coefficient (Wildman–Crippen LogP) is 0.647. The minimum absolute atomic E-state index is 0.246. The van der Waals surface area contributed by atoms with Crippen molar-refractivity contribution in [3.63, 3.8) is 0 Å². The summed E-state index contributed by atoms with van der Waals surface area (Å²) < 4.78 is 12.6. The van der Waals surface area contributed by atoms with Crippen LogP contribution in [0.2, 0.25) is 0 Å². The van der Waals surface area contributed by atoms with E-state index in [1.54, 1.807) is 12.1 Å². The predicted molar refractivity (Wildman–Crippen MR) is 57.7 cm³/mol. The van der Waals surface area contributed by atoms with E-state index >= 15 is 0 Å². The average molecular weight is 227 g/mol. The van der Waals surface area contributed by atoms with Gasteiger partial charge < -0.3 is 11.5 Å². The molecule has 1 aromatic rings. The second kappa shape index (κ2) is 5.53. The number of hydrogen-bond acceptors (Lipinski definition) is 4. The first-order chi connectivity index (χ1) is 7.50. The van der Waals surface area contributed by atoms with Crippen LogP contribution in [0.25, 0.3) is 0 Å². The Morgan fingerprint density at radius 2 is 1.88 bits per heavy atom. The van der Waals surface area contributed by atoms with Crippen LogP contribution in [-0.2, 0) is 6.42 Å². The normalized spacial score (nSPS) is 12.8. The van der Waals surface area contributed by atoms with Crippen molar-refractivity contribution in [2.75, 3.05) is 0 Å². The molecule has 16 heavy (non-hydrogen) atoms. The van der Waals surface area contributed by atoms with Crippen molar-refractivity contribution in [2.24, 2.45) is 11.5 Å². The Labute approximate surface area is 92.4 Å². The molecule has 0 aliphatic heterocycles. The van der Waals surface area contributed by atoms with Gasteiger partial charge in [-0.25, -0.2) is 4.39 Å². The highest BCUT2D eigenvalue weighted by Gasteiger charge is 2.24. The van der Waals surface area contributed by atoms with Crippen molar-refractivity contribution in [3.8, 4) is 0 Å². The molecule has 0 heterocycles. The lowest BCUT2D eigenvalue weighted by molar-refractivity contribution is -0.526. The average Bonchev–Trinajstić information content (AvgIpc) is 2.20. The van der Waals surface area contributed by atoms with Crippen LogP contribution in [0.5, 0.6) is 0 Å². The molecule has 4 N–H and O–H groups in total. The van der Waals surface area contributed by atoms with E-state index in [1.165, 1.54) is 12.1 Å². The number of benzene rings is 1. The summed E-state index contributed by atoms with van der Waals surface area (Å²) in [6.07, 6.45) is -0.275. The molecule has 0 saturated heterocycles. The van der Waals surface area contributed by atoms with Gasteiger partial charge in [-0.15, -0.1) is 0 Å². The third-order valence-electron chi connectivity index (χ3n) is 2.36. The number of aryl methyl sites for hydroxylation is 1. The van der Waals surface area contributed by atoms with Gasteiger partial charge in [0.2, 0.25) is 6.04 Å². The first kappa shape index (κ1) is 12.5. The zero-order valence-electron chi connectivity index (χ0n) is 8.67. The van der Waals surface area contributed by atoms with Crippen molar-refractivity contribution in [1.29, 1.82) is 0 Å². The lowest BCUT2D eigenvalue weighted by atomic mass is 10.0. The second-order valence-electron chi connectivity index (χ2n) is 3.60. The van der Waals surface area contributed by atoms with Crippen molar-refractivity contribution in [1.82, 2.24) is 0 Å². The highest BCUT2D eigenvalue weighted by atomic mass is 19.1. The van der Waals surface area contributed by atoms with Gasteiger partial charge in [0, 0.05) is 11.3 Å². The zero-order valence-corrected chi connectivity index (χ0v) is 8.67. The van der Waals surface area contributed by atoms with Crippen molar-refractivity contribution in [2.45, 2.75) is 25.0 Å². The Balaban J connectivity index is 2.55. The molecule has 1 aromatic carbocycles. The van der Waals surface area contributed by atoms with Crippen LogP contribution in [0.1, 0.15) is 12.0 Å². The minimum atomic E-state index is -0.976. The molecule has 0 fully saturated rings. The summed E-state index contributed by atoms with van der Waals surface area (Å²) in [5.74, 6) is -0.329. The molecule has 1 rings (SSSR count). The standard InChI is InChI=1S/C10H14FN3O2/c11-8-4-1-7(2-5-8)3-6-9(10(12)13)14(15)16/h1-2,4-5,9-10H,3,6,12-13H2. The fourth-order valence-electron chi connectivity index (χ4n) is 1.40. The van der Waals surface area contributed by atoms with Crippen molar-refractivity contribution >= 4 is 0 Å². The van der Waals surface area contributed by atoms with Gasteiger partial charge in [-0.2, -0.15) is 0 Å². The van der Waals surface area contributed by atoms with Crippen molar-refractivity contribution in [3.05, 3.63) is 45.8 Å². The Morgan fingerprint density at radius 1 is 1.31 bits per heavy atom. The van der Waals surface area contributed by atoms with Gasteiger partial charge in [0.15, 0.2) is 0 Å². The van der Waals surface area contributed by atoms with Crippen LogP contribution in [0.15, 0.2) is 24.3 Å². The quantitative estimate of drug-likeness (QED) is 0.438. The van der Waals surface area contributed by atoms with E-state index in [9.17, 15) is 14.5 Å². The number of rotatable bonds is 5. The van der Waals surface area contributed by atoms with Gasteiger partial charge in [0.25, 0.3) is 0 Å². The lowest BCUT2D eigenvalue weighted by Gasteiger charge is -2.12. The van der Waals surface area contributed by atoms with Crippen LogP contribution in [0.4, 0.5) is 4.39 Å². The fourth-order valence-corrected chi connectivity index (χ4v) is 1.40.